The molecule has 23 heavy (non-hydrogen) atoms. The highest BCUT2D eigenvalue weighted by Crippen LogP contribution is 2.35. The molecule has 1 aromatic rings. The fraction of sp³-hybridized carbons (Fsp3) is 0.556. The van der Waals surface area contributed by atoms with E-state index in [1.807, 2.05) is 18.2 Å². The summed E-state index contributed by atoms with van der Waals surface area (Å²) in [7, 11) is 0. The Labute approximate surface area is 137 Å². The Balaban J connectivity index is 1.81. The molecule has 0 spiro atoms. The summed E-state index contributed by atoms with van der Waals surface area (Å²) in [6.45, 7) is 4.62. The molecule has 2 fully saturated rings. The minimum absolute atomic E-state index is 0.00696. The van der Waals surface area contributed by atoms with Crippen molar-refractivity contribution in [2.75, 3.05) is 36.0 Å². The number of amides is 1. The number of carbonyl (C=O) groups is 2. The van der Waals surface area contributed by atoms with Gasteiger partial charge in [-0.3, -0.25) is 9.59 Å². The van der Waals surface area contributed by atoms with E-state index in [0.29, 0.717) is 13.2 Å². The Hall–Kier alpha value is -2.04. The molecule has 5 nitrogen and oxygen atoms in total. The van der Waals surface area contributed by atoms with Crippen molar-refractivity contribution in [3.8, 4) is 0 Å². The Bertz CT molecular complexity index is 581. The molecule has 0 unspecified atom stereocenters. The fourth-order valence-corrected chi connectivity index (χ4v) is 3.45. The first-order valence-corrected chi connectivity index (χ1v) is 8.51. The van der Waals surface area contributed by atoms with Crippen LogP contribution in [0.4, 0.5) is 11.4 Å². The second kappa shape index (κ2) is 7.02. The zero-order valence-corrected chi connectivity index (χ0v) is 13.7. The van der Waals surface area contributed by atoms with Gasteiger partial charge in [-0.2, -0.15) is 0 Å². The highest BCUT2D eigenvalue weighted by atomic mass is 16.5. The van der Waals surface area contributed by atoms with Crippen LogP contribution in [0.5, 0.6) is 0 Å². The number of ether oxygens (including phenoxy) is 1. The lowest BCUT2D eigenvalue weighted by molar-refractivity contribution is -0.147. The maximum absolute atomic E-state index is 12.4. The van der Waals surface area contributed by atoms with E-state index in [0.717, 1.165) is 24.5 Å². The van der Waals surface area contributed by atoms with Gasteiger partial charge in [-0.1, -0.05) is 12.1 Å². The van der Waals surface area contributed by atoms with Crippen LogP contribution >= 0.6 is 0 Å². The second-order valence-corrected chi connectivity index (χ2v) is 6.19. The molecule has 2 aliphatic heterocycles. The van der Waals surface area contributed by atoms with Crippen molar-refractivity contribution in [2.45, 2.75) is 32.6 Å². The van der Waals surface area contributed by atoms with E-state index in [9.17, 15) is 9.59 Å². The van der Waals surface area contributed by atoms with Gasteiger partial charge in [-0.15, -0.1) is 0 Å². The lowest BCUT2D eigenvalue weighted by Gasteiger charge is -2.32. The molecule has 0 aromatic heterocycles. The summed E-state index contributed by atoms with van der Waals surface area (Å²) in [6, 6.07) is 8.02. The average molecular weight is 316 g/mol. The van der Waals surface area contributed by atoms with Gasteiger partial charge in [0.25, 0.3) is 0 Å². The van der Waals surface area contributed by atoms with Crippen molar-refractivity contribution in [3.05, 3.63) is 24.3 Å². The normalized spacial score (nSPS) is 21.6. The number of esters is 1. The summed E-state index contributed by atoms with van der Waals surface area (Å²) in [5.41, 5.74) is 2.02. The van der Waals surface area contributed by atoms with Crippen molar-refractivity contribution in [1.82, 2.24) is 0 Å². The SMILES string of the molecule is CCOC(=O)[C@@H]1CC(=O)N(c2ccccc2N2CCCCC2)C1. The van der Waals surface area contributed by atoms with Crippen LogP contribution in [0.2, 0.25) is 0 Å². The number of hydrogen-bond donors (Lipinski definition) is 0. The van der Waals surface area contributed by atoms with Gasteiger partial charge in [-0.25, -0.2) is 0 Å². The molecule has 0 saturated carbocycles. The fourth-order valence-electron chi connectivity index (χ4n) is 3.45. The number of nitrogens with zero attached hydrogens (tertiary/aromatic N) is 2. The largest absolute Gasteiger partial charge is 0.466 e. The average Bonchev–Trinajstić information content (AvgIpc) is 2.98. The van der Waals surface area contributed by atoms with Crippen LogP contribution in [0.3, 0.4) is 0 Å². The standard InChI is InChI=1S/C18H24N2O3/c1-2-23-18(22)14-12-17(21)20(13-14)16-9-5-4-8-15(16)19-10-6-3-7-11-19/h4-5,8-9,14H,2-3,6-7,10-13H2,1H3/t14-/m1/s1. The molecule has 1 aromatic carbocycles. The van der Waals surface area contributed by atoms with Gasteiger partial charge in [-0.05, 0) is 38.3 Å². The maximum Gasteiger partial charge on any atom is 0.311 e. The van der Waals surface area contributed by atoms with Gasteiger partial charge in [0.2, 0.25) is 5.91 Å². The molecule has 2 saturated heterocycles. The predicted octanol–water partition coefficient (Wildman–Crippen LogP) is 2.59. The number of carbonyl (C=O) groups excluding carboxylic acids is 2. The molecular weight excluding hydrogens is 292 g/mol. The number of para-hydroxylation sites is 2. The minimum Gasteiger partial charge on any atom is -0.466 e. The van der Waals surface area contributed by atoms with E-state index in [4.69, 9.17) is 4.74 Å². The molecule has 1 atom stereocenters. The second-order valence-electron chi connectivity index (χ2n) is 6.19. The van der Waals surface area contributed by atoms with E-state index >= 15 is 0 Å². The summed E-state index contributed by atoms with van der Waals surface area (Å²) < 4.78 is 5.08. The minimum atomic E-state index is -0.350. The first kappa shape index (κ1) is 15.8. The van der Waals surface area contributed by atoms with Crippen molar-refractivity contribution >= 4 is 23.3 Å². The van der Waals surface area contributed by atoms with E-state index in [2.05, 4.69) is 11.0 Å². The van der Waals surface area contributed by atoms with E-state index in [1.165, 1.54) is 19.3 Å². The third kappa shape index (κ3) is 3.33. The Kier molecular flexibility index (Phi) is 4.84. The van der Waals surface area contributed by atoms with E-state index < -0.39 is 0 Å². The van der Waals surface area contributed by atoms with Gasteiger partial charge in [0.15, 0.2) is 0 Å². The smallest absolute Gasteiger partial charge is 0.311 e. The summed E-state index contributed by atoms with van der Waals surface area (Å²) in [4.78, 5) is 28.5. The molecule has 0 radical (unpaired) electrons. The first-order valence-electron chi connectivity index (χ1n) is 8.51. The Morgan fingerprint density at radius 1 is 1.17 bits per heavy atom. The van der Waals surface area contributed by atoms with Gasteiger partial charge < -0.3 is 14.5 Å². The Morgan fingerprint density at radius 3 is 2.57 bits per heavy atom. The van der Waals surface area contributed by atoms with Crippen LogP contribution < -0.4 is 9.80 Å². The molecule has 2 heterocycles. The third-order valence-corrected chi connectivity index (χ3v) is 4.61. The molecule has 1 amide bonds. The number of rotatable bonds is 4. The Morgan fingerprint density at radius 2 is 1.87 bits per heavy atom. The number of hydrogen-bond acceptors (Lipinski definition) is 4. The molecule has 0 N–H and O–H groups in total. The zero-order valence-electron chi connectivity index (χ0n) is 13.7. The lowest BCUT2D eigenvalue weighted by Crippen LogP contribution is -2.33. The zero-order chi connectivity index (χ0) is 16.2. The summed E-state index contributed by atoms with van der Waals surface area (Å²) in [5.74, 6) is -0.608. The number of piperidine rings is 1. The van der Waals surface area contributed by atoms with Crippen molar-refractivity contribution in [2.24, 2.45) is 5.92 Å². The van der Waals surface area contributed by atoms with Crippen LogP contribution in [-0.4, -0.2) is 38.1 Å². The summed E-state index contributed by atoms with van der Waals surface area (Å²) >= 11 is 0. The number of benzene rings is 1. The summed E-state index contributed by atoms with van der Waals surface area (Å²) in [5, 5.41) is 0. The molecule has 124 valence electrons. The maximum atomic E-state index is 12.4. The van der Waals surface area contributed by atoms with Crippen LogP contribution in [0.1, 0.15) is 32.6 Å². The van der Waals surface area contributed by atoms with Gasteiger partial charge in [0.05, 0.1) is 23.9 Å². The predicted molar refractivity (Wildman–Crippen MR) is 89.6 cm³/mol. The van der Waals surface area contributed by atoms with E-state index in [-0.39, 0.29) is 24.2 Å². The van der Waals surface area contributed by atoms with Crippen LogP contribution in [0.25, 0.3) is 0 Å². The molecular formula is C18H24N2O3. The molecule has 0 bridgehead atoms. The van der Waals surface area contributed by atoms with Gasteiger partial charge in [0.1, 0.15) is 0 Å². The van der Waals surface area contributed by atoms with Crippen molar-refractivity contribution in [1.29, 1.82) is 0 Å². The lowest BCUT2D eigenvalue weighted by atomic mass is 10.1. The molecule has 2 aliphatic rings. The van der Waals surface area contributed by atoms with Gasteiger partial charge >= 0.3 is 5.97 Å². The monoisotopic (exact) mass is 316 g/mol. The highest BCUT2D eigenvalue weighted by molar-refractivity contribution is 6.01. The third-order valence-electron chi connectivity index (χ3n) is 4.61. The number of anilines is 2. The van der Waals surface area contributed by atoms with Crippen LogP contribution in [-0.2, 0) is 14.3 Å². The topological polar surface area (TPSA) is 49.9 Å². The van der Waals surface area contributed by atoms with Crippen molar-refractivity contribution < 1.29 is 14.3 Å². The van der Waals surface area contributed by atoms with Crippen LogP contribution in [0.15, 0.2) is 24.3 Å². The first-order chi connectivity index (χ1) is 11.2. The molecule has 3 rings (SSSR count). The summed E-state index contributed by atoms with van der Waals surface area (Å²) in [6.07, 6.45) is 3.89. The highest BCUT2D eigenvalue weighted by Gasteiger charge is 2.37. The quantitative estimate of drug-likeness (QED) is 0.801. The van der Waals surface area contributed by atoms with E-state index in [1.54, 1.807) is 11.8 Å². The molecule has 5 heteroatoms. The van der Waals surface area contributed by atoms with Crippen LogP contribution in [0, 0.1) is 5.92 Å². The van der Waals surface area contributed by atoms with Gasteiger partial charge in [0, 0.05) is 26.1 Å². The van der Waals surface area contributed by atoms with Crippen molar-refractivity contribution in [3.63, 3.8) is 0 Å². The molecule has 0 aliphatic carbocycles.